The van der Waals surface area contributed by atoms with Crippen LogP contribution < -0.4 is 10.7 Å². The van der Waals surface area contributed by atoms with Crippen LogP contribution in [0.25, 0.3) is 0 Å². The van der Waals surface area contributed by atoms with Gasteiger partial charge in [0.05, 0.1) is 6.04 Å². The standard InChI is InChI=1S/C22H23F2N3O4/c1-3-11-7-14-10-26(4-2)22(31)18-20(29)19(28)16(17(11)27(14)18)21(30)25-9-12-5-6-13(23)8-15(12)24/h5-6,8,11,14,29H,3-4,7,9-10H2,1-2H3,(H,25,30)/t11-,14?/m0/s1. The number of nitrogens with zero attached hydrogens (tertiary/aromatic N) is 2. The molecule has 2 aliphatic rings. The maximum Gasteiger partial charge on any atom is 0.274 e. The molecule has 0 aliphatic carbocycles. The Morgan fingerprint density at radius 2 is 2.00 bits per heavy atom. The van der Waals surface area contributed by atoms with Gasteiger partial charge < -0.3 is 19.9 Å². The van der Waals surface area contributed by atoms with E-state index in [-0.39, 0.29) is 35.3 Å². The summed E-state index contributed by atoms with van der Waals surface area (Å²) in [6, 6.07) is 2.86. The fraction of sp³-hybridized carbons (Fsp3) is 0.409. The highest BCUT2D eigenvalue weighted by molar-refractivity contribution is 6.00. The number of likely N-dealkylation sites (N-methyl/N-ethyl adjacent to an activating group) is 1. The number of aromatic hydroxyl groups is 1. The summed E-state index contributed by atoms with van der Waals surface area (Å²) in [5.41, 5.74) is -0.714. The number of benzene rings is 1. The van der Waals surface area contributed by atoms with Gasteiger partial charge in [0.15, 0.2) is 11.4 Å². The summed E-state index contributed by atoms with van der Waals surface area (Å²) in [5, 5.41) is 13.1. The van der Waals surface area contributed by atoms with Crippen molar-refractivity contribution in [2.45, 2.75) is 45.2 Å². The topological polar surface area (TPSA) is 91.6 Å². The van der Waals surface area contributed by atoms with E-state index in [9.17, 15) is 28.3 Å². The number of rotatable bonds is 5. The molecule has 0 saturated heterocycles. The number of pyridine rings is 1. The Morgan fingerprint density at radius 3 is 2.65 bits per heavy atom. The monoisotopic (exact) mass is 431 g/mol. The Kier molecular flexibility index (Phi) is 5.28. The molecule has 0 spiro atoms. The second-order valence-corrected chi connectivity index (χ2v) is 7.91. The van der Waals surface area contributed by atoms with Gasteiger partial charge >= 0.3 is 0 Å². The number of hydrogen-bond acceptors (Lipinski definition) is 4. The van der Waals surface area contributed by atoms with Crippen LogP contribution in [-0.4, -0.2) is 39.5 Å². The molecule has 1 aromatic heterocycles. The first-order valence-corrected chi connectivity index (χ1v) is 10.3. The Hall–Kier alpha value is -3.23. The van der Waals surface area contributed by atoms with Crippen molar-refractivity contribution in [1.82, 2.24) is 14.8 Å². The molecule has 2 aromatic rings. The number of hydrogen-bond donors (Lipinski definition) is 2. The third-order valence-corrected chi connectivity index (χ3v) is 6.21. The summed E-state index contributed by atoms with van der Waals surface area (Å²) in [5.74, 6) is -3.63. The van der Waals surface area contributed by atoms with Crippen molar-refractivity contribution in [2.75, 3.05) is 13.1 Å². The molecule has 0 radical (unpaired) electrons. The molecule has 2 amide bonds. The van der Waals surface area contributed by atoms with Gasteiger partial charge in [0.1, 0.15) is 17.2 Å². The number of halogens is 2. The molecule has 1 aromatic carbocycles. The van der Waals surface area contributed by atoms with Gasteiger partial charge in [-0.25, -0.2) is 8.78 Å². The highest BCUT2D eigenvalue weighted by atomic mass is 19.1. The van der Waals surface area contributed by atoms with Gasteiger partial charge in [-0.05, 0) is 25.8 Å². The van der Waals surface area contributed by atoms with Crippen molar-refractivity contribution in [1.29, 1.82) is 0 Å². The first-order chi connectivity index (χ1) is 14.8. The second kappa shape index (κ2) is 7.79. The first kappa shape index (κ1) is 21.0. The third kappa shape index (κ3) is 3.28. The normalized spacial score (nSPS) is 19.5. The molecule has 0 bridgehead atoms. The van der Waals surface area contributed by atoms with Crippen molar-refractivity contribution >= 4 is 11.8 Å². The average molecular weight is 431 g/mol. The highest BCUT2D eigenvalue weighted by Crippen LogP contribution is 2.44. The molecule has 164 valence electrons. The molecule has 3 heterocycles. The minimum atomic E-state index is -0.913. The van der Waals surface area contributed by atoms with Crippen LogP contribution in [0.5, 0.6) is 5.75 Å². The summed E-state index contributed by atoms with van der Waals surface area (Å²) in [4.78, 5) is 40.4. The van der Waals surface area contributed by atoms with E-state index in [1.54, 1.807) is 9.47 Å². The maximum atomic E-state index is 13.9. The lowest BCUT2D eigenvalue weighted by atomic mass is 9.95. The van der Waals surface area contributed by atoms with E-state index in [0.29, 0.717) is 37.7 Å². The largest absolute Gasteiger partial charge is 0.503 e. The lowest BCUT2D eigenvalue weighted by Crippen LogP contribution is -2.44. The van der Waals surface area contributed by atoms with Crippen molar-refractivity contribution < 1.29 is 23.5 Å². The Bertz CT molecular complexity index is 1140. The summed E-state index contributed by atoms with van der Waals surface area (Å²) in [6.45, 7) is 4.39. The zero-order valence-electron chi connectivity index (χ0n) is 17.2. The van der Waals surface area contributed by atoms with Gasteiger partial charge in [-0.3, -0.25) is 14.4 Å². The van der Waals surface area contributed by atoms with Gasteiger partial charge in [-0.2, -0.15) is 0 Å². The van der Waals surface area contributed by atoms with Crippen LogP contribution in [0.2, 0.25) is 0 Å². The zero-order chi connectivity index (χ0) is 22.4. The SMILES string of the molecule is CC[C@H]1CC2CN(CC)C(=O)c3c(O)c(=O)c(C(=O)NCc4ccc(F)cc4F)c1n32. The van der Waals surface area contributed by atoms with Crippen molar-refractivity contribution in [3.63, 3.8) is 0 Å². The second-order valence-electron chi connectivity index (χ2n) is 7.91. The van der Waals surface area contributed by atoms with E-state index < -0.39 is 34.6 Å². The molecule has 0 saturated carbocycles. The van der Waals surface area contributed by atoms with E-state index in [2.05, 4.69) is 5.32 Å². The van der Waals surface area contributed by atoms with Crippen molar-refractivity contribution in [3.05, 3.63) is 62.6 Å². The van der Waals surface area contributed by atoms with Crippen LogP contribution in [-0.2, 0) is 6.54 Å². The summed E-state index contributed by atoms with van der Waals surface area (Å²) in [6.07, 6.45) is 1.29. The molecule has 4 rings (SSSR count). The molecular formula is C22H23F2N3O4. The van der Waals surface area contributed by atoms with Gasteiger partial charge in [0.2, 0.25) is 5.43 Å². The average Bonchev–Trinajstić information content (AvgIpc) is 3.10. The smallest absolute Gasteiger partial charge is 0.274 e. The van der Waals surface area contributed by atoms with E-state index in [0.717, 1.165) is 6.07 Å². The lowest BCUT2D eigenvalue weighted by Gasteiger charge is -2.34. The van der Waals surface area contributed by atoms with Crippen LogP contribution in [0, 0.1) is 11.6 Å². The molecule has 7 nitrogen and oxygen atoms in total. The van der Waals surface area contributed by atoms with Crippen LogP contribution >= 0.6 is 0 Å². The van der Waals surface area contributed by atoms with Crippen LogP contribution in [0.3, 0.4) is 0 Å². The van der Waals surface area contributed by atoms with E-state index in [1.165, 1.54) is 6.07 Å². The maximum absolute atomic E-state index is 13.9. The summed E-state index contributed by atoms with van der Waals surface area (Å²) < 4.78 is 28.7. The predicted octanol–water partition coefficient (Wildman–Crippen LogP) is 2.68. The molecule has 31 heavy (non-hydrogen) atoms. The number of aromatic nitrogens is 1. The molecular weight excluding hydrogens is 408 g/mol. The zero-order valence-corrected chi connectivity index (χ0v) is 17.2. The molecule has 2 aliphatic heterocycles. The van der Waals surface area contributed by atoms with Crippen LogP contribution in [0.15, 0.2) is 23.0 Å². The first-order valence-electron chi connectivity index (χ1n) is 10.3. The van der Waals surface area contributed by atoms with Crippen LogP contribution in [0.1, 0.15) is 70.8 Å². The summed E-state index contributed by atoms with van der Waals surface area (Å²) >= 11 is 0. The minimum Gasteiger partial charge on any atom is -0.503 e. The lowest BCUT2D eigenvalue weighted by molar-refractivity contribution is 0.0675. The van der Waals surface area contributed by atoms with Crippen molar-refractivity contribution in [3.8, 4) is 5.75 Å². The summed E-state index contributed by atoms with van der Waals surface area (Å²) in [7, 11) is 0. The molecule has 9 heteroatoms. The predicted molar refractivity (Wildman–Crippen MR) is 108 cm³/mol. The number of carbonyl (C=O) groups is 2. The molecule has 2 atom stereocenters. The van der Waals surface area contributed by atoms with Gasteiger partial charge in [0, 0.05) is 42.9 Å². The van der Waals surface area contributed by atoms with Gasteiger partial charge in [0.25, 0.3) is 11.8 Å². The quantitative estimate of drug-likeness (QED) is 0.762. The Balaban J connectivity index is 1.77. The van der Waals surface area contributed by atoms with E-state index >= 15 is 0 Å². The van der Waals surface area contributed by atoms with Gasteiger partial charge in [-0.1, -0.05) is 13.0 Å². The van der Waals surface area contributed by atoms with E-state index in [1.807, 2.05) is 13.8 Å². The number of nitrogens with one attached hydrogen (secondary N) is 1. The number of amides is 2. The van der Waals surface area contributed by atoms with Crippen molar-refractivity contribution in [2.24, 2.45) is 0 Å². The Morgan fingerprint density at radius 1 is 1.26 bits per heavy atom. The number of carbonyl (C=O) groups excluding carboxylic acids is 2. The fourth-order valence-corrected chi connectivity index (χ4v) is 4.65. The third-order valence-electron chi connectivity index (χ3n) is 6.21. The van der Waals surface area contributed by atoms with Crippen LogP contribution in [0.4, 0.5) is 8.78 Å². The van der Waals surface area contributed by atoms with E-state index in [4.69, 9.17) is 0 Å². The molecule has 0 fully saturated rings. The fourth-order valence-electron chi connectivity index (χ4n) is 4.65. The highest BCUT2D eigenvalue weighted by Gasteiger charge is 2.44. The minimum absolute atomic E-state index is 0.0622. The van der Waals surface area contributed by atoms with Gasteiger partial charge in [-0.15, -0.1) is 0 Å². The molecule has 1 unspecified atom stereocenters. The Labute approximate surface area is 177 Å². The molecule has 2 N–H and O–H groups in total.